The smallest absolute Gasteiger partial charge is 0.258 e. The minimum absolute atomic E-state index is 1.35. The normalized spacial score (nSPS) is 12.0. The van der Waals surface area contributed by atoms with Gasteiger partial charge in [0.1, 0.15) is 0 Å². The molecule has 0 aliphatic rings. The lowest BCUT2D eigenvalue weighted by molar-refractivity contribution is 0.408. The Balaban J connectivity index is 3.57. The Morgan fingerprint density at radius 3 is 1.35 bits per heavy atom. The first-order chi connectivity index (χ1) is 9.68. The van der Waals surface area contributed by atoms with Crippen LogP contribution in [0, 0.1) is 0 Å². The van der Waals surface area contributed by atoms with Gasteiger partial charge in [0, 0.05) is 7.11 Å². The molecular formula is C17H37IOSi. The van der Waals surface area contributed by atoms with Crippen LogP contribution in [0.4, 0.5) is 0 Å². The van der Waals surface area contributed by atoms with Crippen molar-refractivity contribution in [2.75, 3.05) is 7.11 Å². The molecule has 0 rings (SSSR count). The number of hydrogen-bond acceptors (Lipinski definition) is 1. The van der Waals surface area contributed by atoms with Gasteiger partial charge in [-0.05, 0) is 12.1 Å². The van der Waals surface area contributed by atoms with Crippen molar-refractivity contribution in [1.29, 1.82) is 0 Å². The van der Waals surface area contributed by atoms with E-state index in [1.54, 1.807) is 0 Å². The highest BCUT2D eigenvalue weighted by Gasteiger charge is 2.28. The molecule has 20 heavy (non-hydrogen) atoms. The van der Waals surface area contributed by atoms with E-state index in [0.29, 0.717) is 0 Å². The standard InChI is InChI=1S/C17H37IOSi/c1-4-6-8-10-12-14-16-20(18,19-3)17-15-13-11-9-7-5-2/h4-17H2,1-3H3. The summed E-state index contributed by atoms with van der Waals surface area (Å²) in [5, 5.41) is 0. The lowest BCUT2D eigenvalue weighted by atomic mass is 10.1. The largest absolute Gasteiger partial charge is 0.410 e. The van der Waals surface area contributed by atoms with Crippen LogP contribution >= 0.6 is 21.8 Å². The van der Waals surface area contributed by atoms with Gasteiger partial charge < -0.3 is 4.43 Å². The zero-order valence-electron chi connectivity index (χ0n) is 14.2. The van der Waals surface area contributed by atoms with E-state index < -0.39 is 5.81 Å². The van der Waals surface area contributed by atoms with Crippen LogP contribution in [-0.4, -0.2) is 12.9 Å². The van der Waals surface area contributed by atoms with E-state index in [1.807, 2.05) is 7.11 Å². The summed E-state index contributed by atoms with van der Waals surface area (Å²) < 4.78 is 5.92. The maximum absolute atomic E-state index is 5.92. The molecule has 1 nitrogen and oxygen atoms in total. The van der Waals surface area contributed by atoms with Gasteiger partial charge in [0.15, 0.2) is 0 Å². The Kier molecular flexibility index (Phi) is 15.5. The number of halogens is 1. The second-order valence-corrected chi connectivity index (χ2v) is 15.2. The summed E-state index contributed by atoms with van der Waals surface area (Å²) in [6, 6.07) is 2.73. The van der Waals surface area contributed by atoms with Crippen molar-refractivity contribution in [3.8, 4) is 0 Å². The molecule has 0 bridgehead atoms. The topological polar surface area (TPSA) is 9.23 Å². The van der Waals surface area contributed by atoms with Gasteiger partial charge in [0.05, 0.1) is 0 Å². The molecule has 0 aromatic heterocycles. The van der Waals surface area contributed by atoms with Crippen molar-refractivity contribution < 1.29 is 4.43 Å². The predicted molar refractivity (Wildman–Crippen MR) is 103 cm³/mol. The van der Waals surface area contributed by atoms with Gasteiger partial charge in [0.25, 0.3) is 5.81 Å². The summed E-state index contributed by atoms with van der Waals surface area (Å²) in [6.45, 7) is 4.57. The summed E-state index contributed by atoms with van der Waals surface area (Å²) in [4.78, 5) is 0. The third-order valence-electron chi connectivity index (χ3n) is 4.17. The Labute approximate surface area is 142 Å². The number of hydrogen-bond donors (Lipinski definition) is 0. The molecule has 0 heterocycles. The first-order valence-corrected chi connectivity index (χ1v) is 14.4. The second-order valence-electron chi connectivity index (χ2n) is 6.12. The average molecular weight is 412 g/mol. The molecule has 0 saturated carbocycles. The zero-order chi connectivity index (χ0) is 15.1. The van der Waals surface area contributed by atoms with Gasteiger partial charge in [-0.25, -0.2) is 0 Å². The van der Waals surface area contributed by atoms with Crippen molar-refractivity contribution in [1.82, 2.24) is 0 Å². The van der Waals surface area contributed by atoms with Crippen molar-refractivity contribution in [2.45, 2.75) is 103 Å². The lowest BCUT2D eigenvalue weighted by Gasteiger charge is -2.23. The van der Waals surface area contributed by atoms with Crippen LogP contribution in [0.25, 0.3) is 0 Å². The summed E-state index contributed by atoms with van der Waals surface area (Å²) >= 11 is 2.69. The summed E-state index contributed by atoms with van der Waals surface area (Å²) in [5.74, 6) is -1.39. The van der Waals surface area contributed by atoms with E-state index in [-0.39, 0.29) is 0 Å². The number of unbranched alkanes of at least 4 members (excludes halogenated alkanes) is 10. The van der Waals surface area contributed by atoms with E-state index in [0.717, 1.165) is 0 Å². The van der Waals surface area contributed by atoms with E-state index >= 15 is 0 Å². The fourth-order valence-electron chi connectivity index (χ4n) is 2.67. The van der Waals surface area contributed by atoms with Crippen LogP contribution in [0.2, 0.25) is 12.1 Å². The van der Waals surface area contributed by atoms with E-state index in [2.05, 4.69) is 35.6 Å². The number of rotatable bonds is 15. The van der Waals surface area contributed by atoms with E-state index in [9.17, 15) is 0 Å². The Morgan fingerprint density at radius 2 is 1.00 bits per heavy atom. The highest BCUT2D eigenvalue weighted by atomic mass is 127. The van der Waals surface area contributed by atoms with Crippen LogP contribution in [0.1, 0.15) is 90.9 Å². The first-order valence-electron chi connectivity index (χ1n) is 8.92. The SMILES string of the molecule is CCCCCCCC[Si](I)(CCCCCCCC)OC. The molecule has 0 aliphatic carbocycles. The molecule has 0 amide bonds. The van der Waals surface area contributed by atoms with Gasteiger partial charge in [-0.2, -0.15) is 0 Å². The van der Waals surface area contributed by atoms with E-state index in [4.69, 9.17) is 4.43 Å². The summed E-state index contributed by atoms with van der Waals surface area (Å²) in [6.07, 6.45) is 16.8. The average Bonchev–Trinajstić information content (AvgIpc) is 2.46. The first kappa shape index (κ1) is 20.9. The molecule has 0 saturated heterocycles. The van der Waals surface area contributed by atoms with Gasteiger partial charge in [-0.1, -0.05) is 113 Å². The van der Waals surface area contributed by atoms with Crippen LogP contribution in [0.5, 0.6) is 0 Å². The van der Waals surface area contributed by atoms with E-state index in [1.165, 1.54) is 89.1 Å². The Bertz CT molecular complexity index is 183. The molecule has 0 radical (unpaired) electrons. The highest BCUT2D eigenvalue weighted by Crippen LogP contribution is 2.30. The third kappa shape index (κ3) is 12.6. The quantitative estimate of drug-likeness (QED) is 0.119. The zero-order valence-corrected chi connectivity index (χ0v) is 17.3. The molecular weight excluding hydrogens is 375 g/mol. The molecule has 0 fully saturated rings. The fourth-order valence-corrected chi connectivity index (χ4v) is 7.17. The Morgan fingerprint density at radius 1 is 0.650 bits per heavy atom. The Hall–Kier alpha value is 0.907. The molecule has 3 heteroatoms. The fraction of sp³-hybridized carbons (Fsp3) is 1.00. The van der Waals surface area contributed by atoms with Gasteiger partial charge in [-0.3, -0.25) is 0 Å². The summed E-state index contributed by atoms with van der Waals surface area (Å²) in [7, 11) is 1.95. The highest BCUT2D eigenvalue weighted by molar-refractivity contribution is 14.1. The maximum Gasteiger partial charge on any atom is 0.258 e. The van der Waals surface area contributed by atoms with Crippen LogP contribution in [-0.2, 0) is 4.43 Å². The maximum atomic E-state index is 5.92. The van der Waals surface area contributed by atoms with Crippen LogP contribution < -0.4 is 0 Å². The van der Waals surface area contributed by atoms with Crippen molar-refractivity contribution in [2.24, 2.45) is 0 Å². The second kappa shape index (κ2) is 14.8. The molecule has 0 N–H and O–H groups in total. The minimum atomic E-state index is -1.39. The monoisotopic (exact) mass is 412 g/mol. The van der Waals surface area contributed by atoms with Gasteiger partial charge >= 0.3 is 0 Å². The molecule has 0 aromatic rings. The molecule has 0 atom stereocenters. The van der Waals surface area contributed by atoms with Crippen LogP contribution in [0.15, 0.2) is 0 Å². The molecule has 0 unspecified atom stereocenters. The molecule has 0 aliphatic heterocycles. The third-order valence-corrected chi connectivity index (χ3v) is 11.7. The van der Waals surface area contributed by atoms with Gasteiger partial charge in [-0.15, -0.1) is 0 Å². The lowest BCUT2D eigenvalue weighted by Crippen LogP contribution is -2.28. The van der Waals surface area contributed by atoms with Crippen molar-refractivity contribution in [3.63, 3.8) is 0 Å². The molecule has 122 valence electrons. The van der Waals surface area contributed by atoms with Crippen LogP contribution in [0.3, 0.4) is 0 Å². The van der Waals surface area contributed by atoms with Crippen molar-refractivity contribution >= 4 is 27.6 Å². The predicted octanol–water partition coefficient (Wildman–Crippen LogP) is 7.23. The minimum Gasteiger partial charge on any atom is -0.410 e. The van der Waals surface area contributed by atoms with Gasteiger partial charge in [0.2, 0.25) is 0 Å². The molecule has 0 spiro atoms. The molecule has 0 aromatic carbocycles. The van der Waals surface area contributed by atoms with Crippen molar-refractivity contribution in [3.05, 3.63) is 0 Å². The summed E-state index contributed by atoms with van der Waals surface area (Å²) in [5.41, 5.74) is 0.